The third-order valence-corrected chi connectivity index (χ3v) is 6.71. The molecule has 3 heterocycles. The molecule has 1 amide bonds. The fraction of sp³-hybridized carbons (Fsp3) is 0.762. The molecule has 1 spiro atoms. The lowest BCUT2D eigenvalue weighted by atomic mass is 9.74. The highest BCUT2D eigenvalue weighted by molar-refractivity contribution is 5.82. The average molecular weight is 373 g/mol. The molecule has 1 aliphatic carbocycles. The molecule has 1 aromatic heterocycles. The van der Waals surface area contributed by atoms with Gasteiger partial charge in [-0.3, -0.25) is 9.78 Å². The number of aromatic nitrogens is 2. The van der Waals surface area contributed by atoms with E-state index in [2.05, 4.69) is 21.8 Å². The maximum atomic E-state index is 13.1. The van der Waals surface area contributed by atoms with Crippen molar-refractivity contribution in [3.05, 3.63) is 18.6 Å². The van der Waals surface area contributed by atoms with Crippen molar-refractivity contribution in [1.29, 1.82) is 0 Å². The van der Waals surface area contributed by atoms with E-state index in [4.69, 9.17) is 9.47 Å². The van der Waals surface area contributed by atoms with Gasteiger partial charge >= 0.3 is 0 Å². The molecule has 0 N–H and O–H groups in total. The summed E-state index contributed by atoms with van der Waals surface area (Å²) in [5.41, 5.74) is -0.302. The summed E-state index contributed by atoms with van der Waals surface area (Å²) < 4.78 is 12.3. The first-order valence-electron chi connectivity index (χ1n) is 10.4. The Morgan fingerprint density at radius 1 is 1.19 bits per heavy atom. The molecule has 27 heavy (non-hydrogen) atoms. The molecule has 2 saturated heterocycles. The Morgan fingerprint density at radius 2 is 1.96 bits per heavy atom. The number of nitrogens with zero attached hydrogens (tertiary/aromatic N) is 3. The smallest absolute Gasteiger partial charge is 0.232 e. The predicted molar refractivity (Wildman–Crippen MR) is 101 cm³/mol. The molecule has 1 atom stereocenters. The fourth-order valence-corrected chi connectivity index (χ4v) is 4.99. The largest absolute Gasteiger partial charge is 0.473 e. The second-order valence-electron chi connectivity index (χ2n) is 8.72. The number of likely N-dealkylation sites (tertiary alicyclic amines) is 1. The third-order valence-electron chi connectivity index (χ3n) is 6.71. The summed E-state index contributed by atoms with van der Waals surface area (Å²) >= 11 is 0. The quantitative estimate of drug-likeness (QED) is 0.813. The van der Waals surface area contributed by atoms with Crippen molar-refractivity contribution in [3.8, 4) is 5.88 Å². The van der Waals surface area contributed by atoms with Gasteiger partial charge in [-0.1, -0.05) is 26.2 Å². The standard InChI is InChI=1S/C21H31N3O3/c1-20(6-3-2-4-7-20)19(25)24-12-8-21(9-13-24)15-17(5-14-26-21)27-18-16-22-10-11-23-18/h10-11,16-17H,2-9,12-15H2,1H3. The number of piperidine rings is 1. The van der Waals surface area contributed by atoms with Crippen LogP contribution in [0, 0.1) is 5.41 Å². The number of hydrogen-bond acceptors (Lipinski definition) is 5. The van der Waals surface area contributed by atoms with Gasteiger partial charge in [-0.2, -0.15) is 0 Å². The molecule has 4 rings (SSSR count). The van der Waals surface area contributed by atoms with Gasteiger partial charge in [0.1, 0.15) is 6.10 Å². The summed E-state index contributed by atoms with van der Waals surface area (Å²) in [6.07, 6.45) is 14.3. The summed E-state index contributed by atoms with van der Waals surface area (Å²) in [4.78, 5) is 23.5. The van der Waals surface area contributed by atoms with Crippen molar-refractivity contribution in [2.24, 2.45) is 5.41 Å². The van der Waals surface area contributed by atoms with Crippen molar-refractivity contribution in [1.82, 2.24) is 14.9 Å². The minimum absolute atomic E-state index is 0.105. The highest BCUT2D eigenvalue weighted by Gasteiger charge is 2.45. The molecule has 3 aliphatic rings. The molecule has 6 heteroatoms. The topological polar surface area (TPSA) is 64.6 Å². The number of carbonyl (C=O) groups excluding carboxylic acids is 1. The Bertz CT molecular complexity index is 637. The molecule has 1 aromatic rings. The summed E-state index contributed by atoms with van der Waals surface area (Å²) in [6, 6.07) is 0. The zero-order valence-electron chi connectivity index (χ0n) is 16.4. The number of hydrogen-bond donors (Lipinski definition) is 0. The lowest BCUT2D eigenvalue weighted by molar-refractivity contribution is -0.159. The van der Waals surface area contributed by atoms with Gasteiger partial charge in [0.2, 0.25) is 11.8 Å². The average Bonchev–Trinajstić information content (AvgIpc) is 2.70. The van der Waals surface area contributed by atoms with E-state index in [1.807, 2.05) is 0 Å². The van der Waals surface area contributed by atoms with Crippen LogP contribution in [0.25, 0.3) is 0 Å². The van der Waals surface area contributed by atoms with E-state index in [0.29, 0.717) is 18.4 Å². The van der Waals surface area contributed by atoms with Crippen molar-refractivity contribution < 1.29 is 14.3 Å². The fourth-order valence-electron chi connectivity index (χ4n) is 4.99. The molecule has 1 unspecified atom stereocenters. The molecule has 148 valence electrons. The van der Waals surface area contributed by atoms with Crippen molar-refractivity contribution >= 4 is 5.91 Å². The van der Waals surface area contributed by atoms with Gasteiger partial charge in [0, 0.05) is 43.7 Å². The summed E-state index contributed by atoms with van der Waals surface area (Å²) in [6.45, 7) is 4.47. The summed E-state index contributed by atoms with van der Waals surface area (Å²) in [5.74, 6) is 0.942. The van der Waals surface area contributed by atoms with Crippen LogP contribution < -0.4 is 4.74 Å². The van der Waals surface area contributed by atoms with E-state index >= 15 is 0 Å². The van der Waals surface area contributed by atoms with E-state index in [1.54, 1.807) is 18.6 Å². The SMILES string of the molecule is CC1(C(=O)N2CCC3(CC2)CC(Oc2cnccn2)CCO3)CCCCC1. The van der Waals surface area contributed by atoms with E-state index in [0.717, 1.165) is 51.6 Å². The maximum Gasteiger partial charge on any atom is 0.232 e. The predicted octanol–water partition coefficient (Wildman–Crippen LogP) is 3.37. The van der Waals surface area contributed by atoms with Gasteiger partial charge in [0.15, 0.2) is 0 Å². The van der Waals surface area contributed by atoms with E-state index in [9.17, 15) is 4.79 Å². The third kappa shape index (κ3) is 4.10. The van der Waals surface area contributed by atoms with Crippen LogP contribution >= 0.6 is 0 Å². The number of ether oxygens (including phenoxy) is 2. The monoisotopic (exact) mass is 373 g/mol. The van der Waals surface area contributed by atoms with Crippen LogP contribution in [-0.2, 0) is 9.53 Å². The molecule has 6 nitrogen and oxygen atoms in total. The molecule has 0 radical (unpaired) electrons. The molecule has 2 aliphatic heterocycles. The van der Waals surface area contributed by atoms with Gasteiger partial charge in [-0.25, -0.2) is 4.98 Å². The molecule has 3 fully saturated rings. The minimum Gasteiger partial charge on any atom is -0.473 e. The lowest BCUT2D eigenvalue weighted by Crippen LogP contribution is -2.54. The Hall–Kier alpha value is -1.69. The summed E-state index contributed by atoms with van der Waals surface area (Å²) in [7, 11) is 0. The zero-order valence-corrected chi connectivity index (χ0v) is 16.4. The van der Waals surface area contributed by atoms with Gasteiger partial charge in [0.25, 0.3) is 0 Å². The van der Waals surface area contributed by atoms with Crippen LogP contribution in [0.15, 0.2) is 18.6 Å². The van der Waals surface area contributed by atoms with Crippen LogP contribution in [0.5, 0.6) is 5.88 Å². The van der Waals surface area contributed by atoms with Crippen LogP contribution in [0.1, 0.15) is 64.7 Å². The van der Waals surface area contributed by atoms with Gasteiger partial charge in [0.05, 0.1) is 18.4 Å². The van der Waals surface area contributed by atoms with E-state index < -0.39 is 0 Å². The normalized spacial score (nSPS) is 27.3. The Balaban J connectivity index is 1.34. The van der Waals surface area contributed by atoms with Crippen LogP contribution in [0.4, 0.5) is 0 Å². The Labute approximate surface area is 161 Å². The lowest BCUT2D eigenvalue weighted by Gasteiger charge is -2.47. The second-order valence-corrected chi connectivity index (χ2v) is 8.72. The van der Waals surface area contributed by atoms with Crippen molar-refractivity contribution in [3.63, 3.8) is 0 Å². The summed E-state index contributed by atoms with van der Waals surface area (Å²) in [5, 5.41) is 0. The number of amides is 1. The Morgan fingerprint density at radius 3 is 2.67 bits per heavy atom. The van der Waals surface area contributed by atoms with Crippen LogP contribution in [-0.4, -0.2) is 52.2 Å². The maximum absolute atomic E-state index is 13.1. The first kappa shape index (κ1) is 18.7. The van der Waals surface area contributed by atoms with Crippen LogP contribution in [0.3, 0.4) is 0 Å². The van der Waals surface area contributed by atoms with Crippen molar-refractivity contribution in [2.75, 3.05) is 19.7 Å². The molecular weight excluding hydrogens is 342 g/mol. The first-order valence-corrected chi connectivity index (χ1v) is 10.4. The highest BCUT2D eigenvalue weighted by atomic mass is 16.5. The highest BCUT2D eigenvalue weighted by Crippen LogP contribution is 2.41. The first-order chi connectivity index (χ1) is 13.1. The zero-order chi connectivity index (χ0) is 18.7. The van der Waals surface area contributed by atoms with Crippen molar-refractivity contribution in [2.45, 2.75) is 76.4 Å². The molecular formula is C21H31N3O3. The number of rotatable bonds is 3. The molecule has 1 saturated carbocycles. The van der Waals surface area contributed by atoms with E-state index in [-0.39, 0.29) is 17.1 Å². The molecule has 0 bridgehead atoms. The van der Waals surface area contributed by atoms with E-state index in [1.165, 1.54) is 19.3 Å². The minimum atomic E-state index is -0.157. The van der Waals surface area contributed by atoms with Gasteiger partial charge in [-0.15, -0.1) is 0 Å². The van der Waals surface area contributed by atoms with Gasteiger partial charge in [-0.05, 0) is 25.7 Å². The Kier molecular flexibility index (Phi) is 5.35. The number of carbonyl (C=O) groups is 1. The van der Waals surface area contributed by atoms with Gasteiger partial charge < -0.3 is 14.4 Å². The second kappa shape index (κ2) is 7.74. The molecule has 0 aromatic carbocycles. The van der Waals surface area contributed by atoms with Crippen LogP contribution in [0.2, 0.25) is 0 Å².